The quantitative estimate of drug-likeness (QED) is 0.714. The van der Waals surface area contributed by atoms with Crippen molar-refractivity contribution in [2.24, 2.45) is 17.8 Å². The first-order valence-corrected chi connectivity index (χ1v) is 11.9. The van der Waals surface area contributed by atoms with Crippen molar-refractivity contribution in [2.75, 3.05) is 31.2 Å². The van der Waals surface area contributed by atoms with Crippen molar-refractivity contribution in [3.63, 3.8) is 0 Å². The lowest BCUT2D eigenvalue weighted by Gasteiger charge is -2.40. The third-order valence-corrected chi connectivity index (χ3v) is 7.86. The van der Waals surface area contributed by atoms with E-state index in [1.807, 2.05) is 12.1 Å². The Morgan fingerprint density at radius 2 is 1.68 bits per heavy atom. The van der Waals surface area contributed by atoms with Gasteiger partial charge in [-0.25, -0.2) is 0 Å². The Morgan fingerprint density at radius 3 is 2.39 bits per heavy atom. The van der Waals surface area contributed by atoms with Gasteiger partial charge in [-0.15, -0.1) is 0 Å². The van der Waals surface area contributed by atoms with Gasteiger partial charge in [0.2, 0.25) is 0 Å². The lowest BCUT2D eigenvalue weighted by atomic mass is 9.65. The van der Waals surface area contributed by atoms with Crippen molar-refractivity contribution in [2.45, 2.75) is 44.4 Å². The number of aryl methyl sites for hydroxylation is 1. The molecule has 2 atom stereocenters. The Bertz CT molecular complexity index is 895. The number of fused-ring (bicyclic) bond motifs is 1. The Balaban J connectivity index is 1.43. The third kappa shape index (κ3) is 4.23. The predicted octanol–water partition coefficient (Wildman–Crippen LogP) is 4.93. The number of piperidine rings is 1. The summed E-state index contributed by atoms with van der Waals surface area (Å²) in [6.45, 7) is 3.68. The number of rotatable bonds is 4. The minimum atomic E-state index is 0.228. The van der Waals surface area contributed by atoms with Crippen LogP contribution in [0, 0.1) is 17.8 Å². The van der Waals surface area contributed by atoms with Crippen molar-refractivity contribution >= 4 is 12.0 Å². The van der Waals surface area contributed by atoms with Gasteiger partial charge in [-0.3, -0.25) is 0 Å². The zero-order valence-electron chi connectivity index (χ0n) is 18.2. The zero-order valence-corrected chi connectivity index (χ0v) is 18.2. The maximum Gasteiger partial charge on any atom is 0.123 e. The number of aromatic hydroxyl groups is 1. The summed E-state index contributed by atoms with van der Waals surface area (Å²) >= 11 is 0. The largest absolute Gasteiger partial charge is 0.508 e. The number of carbonyl (C=O) groups is 1. The van der Waals surface area contributed by atoms with Crippen LogP contribution in [0.5, 0.6) is 5.75 Å². The van der Waals surface area contributed by atoms with E-state index in [1.165, 1.54) is 28.8 Å². The molecule has 1 aliphatic carbocycles. The summed E-state index contributed by atoms with van der Waals surface area (Å²) in [5.74, 6) is 2.29. The summed E-state index contributed by atoms with van der Waals surface area (Å²) in [5.41, 5.74) is 5.33. The highest BCUT2D eigenvalue weighted by atomic mass is 16.5. The highest BCUT2D eigenvalue weighted by Crippen LogP contribution is 2.47. The average molecular weight is 420 g/mol. The minimum Gasteiger partial charge on any atom is -0.508 e. The third-order valence-electron chi connectivity index (χ3n) is 7.86. The van der Waals surface area contributed by atoms with Gasteiger partial charge in [0, 0.05) is 43.8 Å². The fraction of sp³-hybridized carbons (Fsp3) is 0.519. The summed E-state index contributed by atoms with van der Waals surface area (Å²) in [7, 11) is 0. The zero-order chi connectivity index (χ0) is 21.2. The Kier molecular flexibility index (Phi) is 5.99. The number of carbonyl (C=O) groups excluding carboxylic acids is 1. The van der Waals surface area contributed by atoms with Crippen molar-refractivity contribution in [1.29, 1.82) is 0 Å². The molecule has 0 saturated carbocycles. The van der Waals surface area contributed by atoms with Gasteiger partial charge < -0.3 is 19.5 Å². The van der Waals surface area contributed by atoms with Crippen LogP contribution in [0.25, 0.3) is 0 Å². The maximum absolute atomic E-state index is 11.1. The van der Waals surface area contributed by atoms with E-state index in [1.54, 1.807) is 0 Å². The number of nitrogens with zero attached hydrogens (tertiary/aromatic N) is 1. The van der Waals surface area contributed by atoms with E-state index in [9.17, 15) is 9.90 Å². The SMILES string of the molecule is O=CC1CCN(c2ccc([C@@H]3c4ccc(O)cc4CC[C@@H]3C3CCOCC3)cc2)CC1. The fourth-order valence-corrected chi connectivity index (χ4v) is 6.10. The van der Waals surface area contributed by atoms with Gasteiger partial charge in [0.15, 0.2) is 0 Å². The highest BCUT2D eigenvalue weighted by molar-refractivity contribution is 5.56. The van der Waals surface area contributed by atoms with E-state index in [0.29, 0.717) is 23.5 Å². The van der Waals surface area contributed by atoms with Crippen LogP contribution in [0.1, 0.15) is 54.7 Å². The monoisotopic (exact) mass is 419 g/mol. The number of anilines is 1. The number of aldehydes is 1. The van der Waals surface area contributed by atoms with Crippen molar-refractivity contribution in [3.05, 3.63) is 59.2 Å². The number of phenols is 1. The second-order valence-corrected chi connectivity index (χ2v) is 9.57. The van der Waals surface area contributed by atoms with Gasteiger partial charge in [-0.1, -0.05) is 18.2 Å². The molecule has 0 aromatic heterocycles. The molecule has 31 heavy (non-hydrogen) atoms. The Labute approximate surface area is 185 Å². The molecule has 2 fully saturated rings. The van der Waals surface area contributed by atoms with Crippen LogP contribution in [-0.4, -0.2) is 37.7 Å². The van der Waals surface area contributed by atoms with Gasteiger partial charge in [-0.05, 0) is 91.3 Å². The first-order chi connectivity index (χ1) is 15.2. The van der Waals surface area contributed by atoms with Crippen LogP contribution in [0.15, 0.2) is 42.5 Å². The summed E-state index contributed by atoms with van der Waals surface area (Å²) in [5, 5.41) is 10.0. The van der Waals surface area contributed by atoms with E-state index in [2.05, 4.69) is 35.2 Å². The molecule has 2 aliphatic heterocycles. The van der Waals surface area contributed by atoms with Crippen LogP contribution in [0.2, 0.25) is 0 Å². The van der Waals surface area contributed by atoms with Crippen LogP contribution >= 0.6 is 0 Å². The lowest BCUT2D eigenvalue weighted by Crippen LogP contribution is -2.34. The van der Waals surface area contributed by atoms with E-state index in [-0.39, 0.29) is 5.92 Å². The second-order valence-electron chi connectivity index (χ2n) is 9.57. The fourth-order valence-electron chi connectivity index (χ4n) is 6.10. The molecule has 4 nitrogen and oxygen atoms in total. The molecule has 2 saturated heterocycles. The lowest BCUT2D eigenvalue weighted by molar-refractivity contribution is -0.111. The van der Waals surface area contributed by atoms with Crippen molar-refractivity contribution in [3.8, 4) is 5.75 Å². The molecule has 2 aromatic rings. The number of hydrogen-bond acceptors (Lipinski definition) is 4. The molecule has 4 heteroatoms. The smallest absolute Gasteiger partial charge is 0.123 e. The molecule has 2 aromatic carbocycles. The molecule has 3 aliphatic rings. The van der Waals surface area contributed by atoms with Gasteiger partial charge in [0.25, 0.3) is 0 Å². The molecule has 1 N–H and O–H groups in total. The predicted molar refractivity (Wildman–Crippen MR) is 123 cm³/mol. The van der Waals surface area contributed by atoms with Gasteiger partial charge in [0.05, 0.1) is 0 Å². The molecule has 164 valence electrons. The van der Waals surface area contributed by atoms with Gasteiger partial charge >= 0.3 is 0 Å². The number of ether oxygens (including phenoxy) is 1. The average Bonchev–Trinajstić information content (AvgIpc) is 2.84. The molecule has 0 radical (unpaired) electrons. The second kappa shape index (κ2) is 9.04. The standard InChI is InChI=1S/C27H33NO3/c29-18-19-9-13-28(14-10-19)23-4-1-21(2-5-23)27-25(20-11-15-31-16-12-20)7-3-22-17-24(30)6-8-26(22)27/h1-2,4-6,8,17-20,25,27,30H,3,7,9-16H2/t25-,27+/m1/s1. The van der Waals surface area contributed by atoms with E-state index in [0.717, 1.165) is 64.7 Å². The molecule has 0 amide bonds. The summed E-state index contributed by atoms with van der Waals surface area (Å²) in [4.78, 5) is 13.5. The maximum atomic E-state index is 11.1. The topological polar surface area (TPSA) is 49.8 Å². The first kappa shape index (κ1) is 20.6. The molecule has 0 spiro atoms. The van der Waals surface area contributed by atoms with Crippen molar-refractivity contribution < 1.29 is 14.6 Å². The van der Waals surface area contributed by atoms with Crippen LogP contribution in [0.4, 0.5) is 5.69 Å². The molecule has 5 rings (SSSR count). The highest BCUT2D eigenvalue weighted by Gasteiger charge is 2.36. The Morgan fingerprint density at radius 1 is 0.935 bits per heavy atom. The number of hydrogen-bond donors (Lipinski definition) is 1. The normalized spacial score (nSPS) is 25.2. The molecular weight excluding hydrogens is 386 g/mol. The summed E-state index contributed by atoms with van der Waals surface area (Å²) in [6, 6.07) is 15.1. The summed E-state index contributed by atoms with van der Waals surface area (Å²) in [6.07, 6.45) is 7.55. The minimum absolute atomic E-state index is 0.228. The first-order valence-electron chi connectivity index (χ1n) is 11.9. The van der Waals surface area contributed by atoms with Crippen LogP contribution in [0.3, 0.4) is 0 Å². The molecule has 0 unspecified atom stereocenters. The molecule has 2 heterocycles. The summed E-state index contributed by atoms with van der Waals surface area (Å²) < 4.78 is 5.65. The van der Waals surface area contributed by atoms with Crippen LogP contribution in [-0.2, 0) is 16.0 Å². The number of phenolic OH excluding ortho intramolecular Hbond substituents is 1. The van der Waals surface area contributed by atoms with E-state index >= 15 is 0 Å². The van der Waals surface area contributed by atoms with E-state index < -0.39 is 0 Å². The molecular formula is C27H33NO3. The van der Waals surface area contributed by atoms with Crippen molar-refractivity contribution in [1.82, 2.24) is 0 Å². The molecule has 0 bridgehead atoms. The van der Waals surface area contributed by atoms with Crippen LogP contribution < -0.4 is 4.90 Å². The number of benzene rings is 2. The Hall–Kier alpha value is -2.33. The van der Waals surface area contributed by atoms with Gasteiger partial charge in [0.1, 0.15) is 12.0 Å². The van der Waals surface area contributed by atoms with E-state index in [4.69, 9.17) is 4.74 Å². The van der Waals surface area contributed by atoms with Gasteiger partial charge in [-0.2, -0.15) is 0 Å².